The first-order valence-corrected chi connectivity index (χ1v) is 13.5. The smallest absolute Gasteiger partial charge is 0.322 e. The highest BCUT2D eigenvalue weighted by Gasteiger charge is 2.44. The molecule has 11 heteroatoms. The Balaban J connectivity index is 1.38. The SMILES string of the molecule is CCC(F)(F)C1C(Cl)=CC(NC(=O)N2CC=C(C3C(Cl)=CC(c4cnn(CCO)c4)=CN3C)CC2)=CC1C. The fourth-order valence-electron chi connectivity index (χ4n) is 5.21. The van der Waals surface area contributed by atoms with E-state index in [0.717, 1.165) is 16.7 Å². The Morgan fingerprint density at radius 2 is 2.05 bits per heavy atom. The van der Waals surface area contributed by atoms with Crippen LogP contribution in [0.15, 0.2) is 64.2 Å². The van der Waals surface area contributed by atoms with Crippen molar-refractivity contribution in [2.24, 2.45) is 11.8 Å². The Morgan fingerprint density at radius 3 is 2.66 bits per heavy atom. The van der Waals surface area contributed by atoms with Crippen LogP contribution < -0.4 is 5.32 Å². The summed E-state index contributed by atoms with van der Waals surface area (Å²) in [4.78, 5) is 16.6. The topological polar surface area (TPSA) is 73.6 Å². The Labute approximate surface area is 231 Å². The molecule has 0 fully saturated rings. The number of hydrogen-bond acceptors (Lipinski definition) is 4. The van der Waals surface area contributed by atoms with Gasteiger partial charge in [0, 0.05) is 65.9 Å². The number of carbonyl (C=O) groups excluding carboxylic acids is 1. The molecule has 7 nitrogen and oxygen atoms in total. The molecule has 1 aromatic rings. The Kier molecular flexibility index (Phi) is 8.69. The van der Waals surface area contributed by atoms with Gasteiger partial charge in [-0.05, 0) is 30.1 Å². The highest BCUT2D eigenvalue weighted by atomic mass is 35.5. The number of alkyl halides is 2. The minimum Gasteiger partial charge on any atom is -0.394 e. The molecule has 2 aliphatic heterocycles. The lowest BCUT2D eigenvalue weighted by Gasteiger charge is -2.36. The highest BCUT2D eigenvalue weighted by Crippen LogP contribution is 2.43. The van der Waals surface area contributed by atoms with Crippen molar-refractivity contribution in [3.63, 3.8) is 0 Å². The maximum Gasteiger partial charge on any atom is 0.322 e. The zero-order chi connectivity index (χ0) is 27.6. The molecule has 3 unspecified atom stereocenters. The van der Waals surface area contributed by atoms with E-state index in [2.05, 4.69) is 10.4 Å². The van der Waals surface area contributed by atoms with Crippen molar-refractivity contribution in [2.75, 3.05) is 26.7 Å². The lowest BCUT2D eigenvalue weighted by atomic mass is 9.82. The predicted molar refractivity (Wildman–Crippen MR) is 145 cm³/mol. The van der Waals surface area contributed by atoms with Gasteiger partial charge < -0.3 is 20.2 Å². The van der Waals surface area contributed by atoms with Crippen LogP contribution in [0, 0.1) is 11.8 Å². The van der Waals surface area contributed by atoms with E-state index in [0.29, 0.717) is 36.8 Å². The molecule has 0 saturated carbocycles. The van der Waals surface area contributed by atoms with Crippen LogP contribution in [0.4, 0.5) is 13.6 Å². The van der Waals surface area contributed by atoms with Gasteiger partial charge in [-0.25, -0.2) is 13.6 Å². The van der Waals surface area contributed by atoms with E-state index in [9.17, 15) is 13.6 Å². The van der Waals surface area contributed by atoms with Crippen LogP contribution in [0.2, 0.25) is 0 Å². The monoisotopic (exact) mass is 567 g/mol. The summed E-state index contributed by atoms with van der Waals surface area (Å²) < 4.78 is 30.3. The first-order valence-electron chi connectivity index (χ1n) is 12.7. The Hall–Kier alpha value is -2.62. The van der Waals surface area contributed by atoms with Gasteiger partial charge in [0.15, 0.2) is 0 Å². The summed E-state index contributed by atoms with van der Waals surface area (Å²) in [6.45, 7) is 4.46. The van der Waals surface area contributed by atoms with E-state index in [1.807, 2.05) is 36.5 Å². The molecule has 1 aromatic heterocycles. The number of aliphatic hydroxyl groups is 1. The second kappa shape index (κ2) is 11.6. The average Bonchev–Trinajstić information content (AvgIpc) is 3.32. The maximum absolute atomic E-state index is 14.3. The normalized spacial score (nSPS) is 24.3. The zero-order valence-electron chi connectivity index (χ0n) is 21.7. The molecule has 0 saturated heterocycles. The lowest BCUT2D eigenvalue weighted by molar-refractivity contribution is -0.0572. The van der Waals surface area contributed by atoms with E-state index in [1.165, 1.54) is 13.0 Å². The first-order chi connectivity index (χ1) is 18.0. The number of likely N-dealkylation sites (N-methyl/N-ethyl adjacent to an activating group) is 1. The fraction of sp³-hybridized carbons (Fsp3) is 0.481. The summed E-state index contributed by atoms with van der Waals surface area (Å²) in [5.74, 6) is -4.51. The van der Waals surface area contributed by atoms with Gasteiger partial charge in [-0.15, -0.1) is 0 Å². The first kappa shape index (κ1) is 28.4. The molecule has 2 N–H and O–H groups in total. The summed E-state index contributed by atoms with van der Waals surface area (Å²) in [7, 11) is 1.96. The van der Waals surface area contributed by atoms with Gasteiger partial charge in [-0.3, -0.25) is 4.68 Å². The van der Waals surface area contributed by atoms with Crippen molar-refractivity contribution in [3.05, 3.63) is 69.8 Å². The van der Waals surface area contributed by atoms with Gasteiger partial charge >= 0.3 is 6.03 Å². The number of hydrogen-bond donors (Lipinski definition) is 2. The molecular weight excluding hydrogens is 535 g/mol. The number of carbonyl (C=O) groups is 1. The van der Waals surface area contributed by atoms with Gasteiger partial charge in [0.2, 0.25) is 0 Å². The largest absolute Gasteiger partial charge is 0.394 e. The van der Waals surface area contributed by atoms with Gasteiger partial charge in [0.05, 0.1) is 31.3 Å². The highest BCUT2D eigenvalue weighted by molar-refractivity contribution is 6.31. The average molecular weight is 568 g/mol. The summed E-state index contributed by atoms with van der Waals surface area (Å²) >= 11 is 13.0. The molecule has 206 valence electrons. The number of rotatable bonds is 7. The number of allylic oxidation sites excluding steroid dienone is 5. The van der Waals surface area contributed by atoms with Gasteiger partial charge in [-0.2, -0.15) is 5.10 Å². The minimum absolute atomic E-state index is 0.0153. The molecule has 0 spiro atoms. The molecule has 3 atom stereocenters. The third-order valence-corrected chi connectivity index (χ3v) is 7.88. The Bertz CT molecular complexity index is 1220. The third kappa shape index (κ3) is 6.00. The van der Waals surface area contributed by atoms with E-state index in [1.54, 1.807) is 28.8 Å². The van der Waals surface area contributed by atoms with Crippen molar-refractivity contribution in [3.8, 4) is 0 Å². The van der Waals surface area contributed by atoms with Crippen LogP contribution in [0.1, 0.15) is 32.3 Å². The standard InChI is InChI=1S/C27H33Cl2F2N5O2/c1-4-27(30,31)24-17(2)11-21(13-22(24)28)33-26(38)35-7-5-18(6-8-35)25-23(29)12-19(15-34(25)3)20-14-32-36(16-20)9-10-37/h5,11-17,24-25,37H,4,6-10H2,1-3H3,(H,33,38). The molecule has 0 bridgehead atoms. The van der Waals surface area contributed by atoms with E-state index in [-0.39, 0.29) is 30.1 Å². The van der Waals surface area contributed by atoms with Crippen molar-refractivity contribution in [2.45, 2.75) is 45.2 Å². The molecule has 0 radical (unpaired) electrons. The summed E-state index contributed by atoms with van der Waals surface area (Å²) in [5, 5.41) is 16.9. The number of amides is 2. The van der Waals surface area contributed by atoms with E-state index in [4.69, 9.17) is 28.3 Å². The second-order valence-electron chi connectivity index (χ2n) is 9.91. The number of nitrogens with zero attached hydrogens (tertiary/aromatic N) is 4. The molecule has 4 rings (SSSR count). The van der Waals surface area contributed by atoms with Gasteiger partial charge in [0.25, 0.3) is 5.92 Å². The molecule has 0 aromatic carbocycles. The number of nitrogens with one attached hydrogen (secondary N) is 1. The number of halogens is 4. The quantitative estimate of drug-likeness (QED) is 0.438. The van der Waals surface area contributed by atoms with Crippen LogP contribution >= 0.6 is 23.2 Å². The molecular formula is C27H33Cl2F2N5O2. The van der Waals surface area contributed by atoms with Crippen molar-refractivity contribution >= 4 is 34.8 Å². The summed E-state index contributed by atoms with van der Waals surface area (Å²) in [6.07, 6.45) is 13.0. The summed E-state index contributed by atoms with van der Waals surface area (Å²) in [5.41, 5.74) is 3.38. The van der Waals surface area contributed by atoms with Crippen LogP contribution in [0.5, 0.6) is 0 Å². The van der Waals surface area contributed by atoms with Crippen molar-refractivity contribution in [1.29, 1.82) is 0 Å². The lowest BCUT2D eigenvalue weighted by Crippen LogP contribution is -2.44. The van der Waals surface area contributed by atoms with Gasteiger partial charge in [-0.1, -0.05) is 49.2 Å². The van der Waals surface area contributed by atoms with Gasteiger partial charge in [0.1, 0.15) is 0 Å². The van der Waals surface area contributed by atoms with Crippen molar-refractivity contribution in [1.82, 2.24) is 24.9 Å². The maximum atomic E-state index is 14.3. The van der Waals surface area contributed by atoms with Crippen LogP contribution in [-0.2, 0) is 6.54 Å². The van der Waals surface area contributed by atoms with E-state index >= 15 is 0 Å². The molecule has 3 heterocycles. The number of urea groups is 1. The predicted octanol–water partition coefficient (Wildman–Crippen LogP) is 5.31. The summed E-state index contributed by atoms with van der Waals surface area (Å²) in [6, 6.07) is -0.431. The molecule has 3 aliphatic rings. The van der Waals surface area contributed by atoms with Crippen LogP contribution in [0.25, 0.3) is 5.57 Å². The number of aromatic nitrogens is 2. The third-order valence-electron chi connectivity index (χ3n) is 7.22. The van der Waals surface area contributed by atoms with Crippen LogP contribution in [-0.4, -0.2) is 69.4 Å². The number of aliphatic hydroxyl groups excluding tert-OH is 1. The second-order valence-corrected chi connectivity index (χ2v) is 10.8. The fourth-order valence-corrected chi connectivity index (χ4v) is 6.10. The molecule has 38 heavy (non-hydrogen) atoms. The van der Waals surface area contributed by atoms with Crippen molar-refractivity contribution < 1.29 is 18.7 Å². The minimum atomic E-state index is -2.91. The molecule has 1 aliphatic carbocycles. The zero-order valence-corrected chi connectivity index (χ0v) is 23.2. The van der Waals surface area contributed by atoms with Crippen LogP contribution in [0.3, 0.4) is 0 Å². The van der Waals surface area contributed by atoms with E-state index < -0.39 is 17.8 Å². The Morgan fingerprint density at radius 1 is 1.29 bits per heavy atom. The molecule has 2 amide bonds.